The molecule has 0 saturated heterocycles. The van der Waals surface area contributed by atoms with E-state index in [2.05, 4.69) is 0 Å². The van der Waals surface area contributed by atoms with Crippen molar-refractivity contribution >= 4 is 28.8 Å². The van der Waals surface area contributed by atoms with Crippen LogP contribution in [0.4, 0.5) is 0 Å². The van der Waals surface area contributed by atoms with Crippen LogP contribution in [-0.2, 0) is 11.3 Å². The van der Waals surface area contributed by atoms with Crippen molar-refractivity contribution in [1.29, 1.82) is 0 Å². The molecule has 0 aliphatic rings. The number of thiophene rings is 1. The first kappa shape index (κ1) is 13.5. The number of nitrogens with zero attached hydrogens (tertiary/aromatic N) is 1. The lowest BCUT2D eigenvalue weighted by Crippen LogP contribution is -2.38. The fraction of sp³-hybridized carbons (Fsp3) is 0.583. The van der Waals surface area contributed by atoms with E-state index in [1.54, 1.807) is 0 Å². The Morgan fingerprint density at radius 2 is 2.06 bits per heavy atom. The van der Waals surface area contributed by atoms with Gasteiger partial charge in [0.15, 0.2) is 0 Å². The van der Waals surface area contributed by atoms with Crippen LogP contribution >= 0.6 is 22.9 Å². The van der Waals surface area contributed by atoms with Gasteiger partial charge in [-0.15, -0.1) is 11.3 Å². The fourth-order valence-corrected chi connectivity index (χ4v) is 2.53. The summed E-state index contributed by atoms with van der Waals surface area (Å²) < 4.78 is 0.772. The van der Waals surface area contributed by atoms with E-state index in [0.717, 1.165) is 15.8 Å². The van der Waals surface area contributed by atoms with Crippen LogP contribution < -0.4 is 0 Å². The van der Waals surface area contributed by atoms with E-state index in [-0.39, 0.29) is 11.3 Å². The molecule has 1 rings (SSSR count). The quantitative estimate of drug-likeness (QED) is 0.809. The summed E-state index contributed by atoms with van der Waals surface area (Å²) in [5.74, 6) is 0.180. The Morgan fingerprint density at radius 3 is 2.44 bits per heavy atom. The molecule has 90 valence electrons. The lowest BCUT2D eigenvalue weighted by molar-refractivity contribution is -0.139. The summed E-state index contributed by atoms with van der Waals surface area (Å²) in [4.78, 5) is 15.1. The third-order valence-corrected chi connectivity index (χ3v) is 3.50. The zero-order valence-corrected chi connectivity index (χ0v) is 11.8. The van der Waals surface area contributed by atoms with E-state index in [1.807, 2.05) is 44.7 Å². The first-order valence-corrected chi connectivity index (χ1v) is 6.57. The van der Waals surface area contributed by atoms with Gasteiger partial charge >= 0.3 is 0 Å². The third-order valence-electron chi connectivity index (χ3n) is 2.29. The molecule has 0 radical (unpaired) electrons. The second-order valence-corrected chi connectivity index (χ2v) is 6.57. The maximum absolute atomic E-state index is 12.1. The van der Waals surface area contributed by atoms with E-state index < -0.39 is 0 Å². The molecule has 16 heavy (non-hydrogen) atoms. The molecule has 1 aromatic rings. The molecular weight excluding hydrogens is 242 g/mol. The van der Waals surface area contributed by atoms with E-state index in [0.29, 0.717) is 6.54 Å². The van der Waals surface area contributed by atoms with Gasteiger partial charge in [-0.25, -0.2) is 0 Å². The number of hydrogen-bond acceptors (Lipinski definition) is 2. The Morgan fingerprint density at radius 1 is 1.44 bits per heavy atom. The van der Waals surface area contributed by atoms with Gasteiger partial charge in [0.25, 0.3) is 0 Å². The predicted octanol–water partition coefficient (Wildman–Crippen LogP) is 3.80. The maximum Gasteiger partial charge on any atom is 0.228 e. The van der Waals surface area contributed by atoms with Gasteiger partial charge in [-0.2, -0.15) is 0 Å². The fourth-order valence-electron chi connectivity index (χ4n) is 1.43. The van der Waals surface area contributed by atoms with Gasteiger partial charge in [0.2, 0.25) is 5.91 Å². The monoisotopic (exact) mass is 259 g/mol. The van der Waals surface area contributed by atoms with Gasteiger partial charge < -0.3 is 4.90 Å². The molecule has 0 aliphatic carbocycles. The predicted molar refractivity (Wildman–Crippen MR) is 69.9 cm³/mol. The van der Waals surface area contributed by atoms with Gasteiger partial charge in [0.05, 0.1) is 10.9 Å². The maximum atomic E-state index is 12.1. The lowest BCUT2D eigenvalue weighted by atomic mass is 9.94. The van der Waals surface area contributed by atoms with Crippen LogP contribution in [0.3, 0.4) is 0 Å². The van der Waals surface area contributed by atoms with Crippen molar-refractivity contribution in [3.05, 3.63) is 21.3 Å². The second-order valence-electron chi connectivity index (χ2n) is 4.78. The van der Waals surface area contributed by atoms with Crippen molar-refractivity contribution in [1.82, 2.24) is 4.90 Å². The van der Waals surface area contributed by atoms with Gasteiger partial charge in [0.1, 0.15) is 0 Å². The highest BCUT2D eigenvalue weighted by molar-refractivity contribution is 7.16. The molecule has 1 amide bonds. The minimum absolute atomic E-state index is 0.180. The summed E-state index contributed by atoms with van der Waals surface area (Å²) in [5.41, 5.74) is -0.322. The molecular formula is C12H18ClNOS. The topological polar surface area (TPSA) is 20.3 Å². The Labute approximate surface area is 106 Å². The van der Waals surface area contributed by atoms with Crippen LogP contribution in [0.25, 0.3) is 0 Å². The molecule has 0 bridgehead atoms. The molecule has 0 aromatic carbocycles. The van der Waals surface area contributed by atoms with Crippen molar-refractivity contribution in [3.8, 4) is 0 Å². The molecule has 1 heterocycles. The zero-order valence-electron chi connectivity index (χ0n) is 10.2. The first-order chi connectivity index (χ1) is 7.34. The van der Waals surface area contributed by atoms with Gasteiger partial charge in [0, 0.05) is 16.8 Å². The van der Waals surface area contributed by atoms with Crippen LogP contribution in [0.5, 0.6) is 0 Å². The summed E-state index contributed by atoms with van der Waals surface area (Å²) in [6, 6.07) is 3.85. The largest absolute Gasteiger partial charge is 0.337 e. The minimum atomic E-state index is -0.322. The minimum Gasteiger partial charge on any atom is -0.337 e. The van der Waals surface area contributed by atoms with E-state index in [9.17, 15) is 4.79 Å². The van der Waals surface area contributed by atoms with E-state index in [1.165, 1.54) is 11.3 Å². The Kier molecular flexibility index (Phi) is 4.39. The number of rotatable bonds is 3. The van der Waals surface area contributed by atoms with Crippen LogP contribution in [0, 0.1) is 5.41 Å². The summed E-state index contributed by atoms with van der Waals surface area (Å²) >= 11 is 7.40. The summed E-state index contributed by atoms with van der Waals surface area (Å²) in [6.07, 6.45) is 0. The lowest BCUT2D eigenvalue weighted by Gasteiger charge is -2.28. The summed E-state index contributed by atoms with van der Waals surface area (Å²) in [5, 5.41) is 0. The van der Waals surface area contributed by atoms with Crippen molar-refractivity contribution < 1.29 is 4.79 Å². The number of halogens is 1. The molecule has 4 heteroatoms. The van der Waals surface area contributed by atoms with Crippen LogP contribution in [0.2, 0.25) is 4.34 Å². The average Bonchev–Trinajstić information content (AvgIpc) is 2.58. The molecule has 0 fully saturated rings. The normalized spacial score (nSPS) is 11.6. The number of hydrogen-bond donors (Lipinski definition) is 0. The molecule has 0 N–H and O–H groups in total. The van der Waals surface area contributed by atoms with Crippen molar-refractivity contribution in [3.63, 3.8) is 0 Å². The molecule has 0 spiro atoms. The SMILES string of the molecule is CCN(Cc1ccc(Cl)s1)C(=O)C(C)(C)C. The molecule has 0 atom stereocenters. The highest BCUT2D eigenvalue weighted by Crippen LogP contribution is 2.25. The van der Waals surface area contributed by atoms with Gasteiger partial charge in [-0.05, 0) is 19.1 Å². The van der Waals surface area contributed by atoms with Gasteiger partial charge in [-0.3, -0.25) is 4.79 Å². The number of carbonyl (C=O) groups is 1. The smallest absolute Gasteiger partial charge is 0.228 e. The van der Waals surface area contributed by atoms with E-state index in [4.69, 9.17) is 11.6 Å². The molecule has 2 nitrogen and oxygen atoms in total. The van der Waals surface area contributed by atoms with Crippen molar-refractivity contribution in [2.24, 2.45) is 5.41 Å². The van der Waals surface area contributed by atoms with Crippen LogP contribution in [0.1, 0.15) is 32.6 Å². The molecule has 0 unspecified atom stereocenters. The summed E-state index contributed by atoms with van der Waals surface area (Å²) in [6.45, 7) is 9.21. The highest BCUT2D eigenvalue weighted by Gasteiger charge is 2.26. The zero-order chi connectivity index (χ0) is 12.3. The molecule has 0 aliphatic heterocycles. The van der Waals surface area contributed by atoms with Gasteiger partial charge in [-0.1, -0.05) is 32.4 Å². The standard InChI is InChI=1S/C12H18ClNOS/c1-5-14(11(15)12(2,3)4)8-9-6-7-10(13)16-9/h6-7H,5,8H2,1-4H3. The van der Waals surface area contributed by atoms with E-state index >= 15 is 0 Å². The highest BCUT2D eigenvalue weighted by atomic mass is 35.5. The van der Waals surface area contributed by atoms with Crippen LogP contribution in [0.15, 0.2) is 12.1 Å². The molecule has 1 aromatic heterocycles. The first-order valence-electron chi connectivity index (χ1n) is 5.38. The third kappa shape index (κ3) is 3.49. The van der Waals surface area contributed by atoms with Crippen molar-refractivity contribution in [2.45, 2.75) is 34.2 Å². The average molecular weight is 260 g/mol. The van der Waals surface area contributed by atoms with Crippen LogP contribution in [-0.4, -0.2) is 17.4 Å². The Hall–Kier alpha value is -0.540. The number of carbonyl (C=O) groups excluding carboxylic acids is 1. The second kappa shape index (κ2) is 5.19. The Balaban J connectivity index is 2.73. The summed E-state index contributed by atoms with van der Waals surface area (Å²) in [7, 11) is 0. The Bertz CT molecular complexity index is 367. The number of amides is 1. The molecule has 0 saturated carbocycles. The van der Waals surface area contributed by atoms with Crippen molar-refractivity contribution in [2.75, 3.05) is 6.54 Å².